The molecule has 0 spiro atoms. The topological polar surface area (TPSA) is 9.23 Å². The van der Waals surface area contributed by atoms with E-state index in [1.54, 1.807) is 7.11 Å². The van der Waals surface area contributed by atoms with Crippen molar-refractivity contribution in [3.8, 4) is 5.75 Å². The van der Waals surface area contributed by atoms with Gasteiger partial charge in [-0.25, -0.2) is 0 Å². The molecule has 2 heteroatoms. The first-order valence-electron chi connectivity index (χ1n) is 2.68. The van der Waals surface area contributed by atoms with E-state index in [0.29, 0.717) is 0 Å². The van der Waals surface area contributed by atoms with E-state index in [1.165, 1.54) is 26.1 Å². The fourth-order valence-corrected chi connectivity index (χ4v) is 1.07. The van der Waals surface area contributed by atoms with Gasteiger partial charge >= 0.3 is 68.0 Å². The van der Waals surface area contributed by atoms with Crippen molar-refractivity contribution in [3.05, 3.63) is 24.3 Å². The standard InChI is InChI=1S/C7H7O.Sn/c1-8-7-5-3-2-4-6-7;/h3-6H,1H3;. The van der Waals surface area contributed by atoms with Crippen LogP contribution in [0.3, 0.4) is 0 Å². The van der Waals surface area contributed by atoms with Crippen LogP contribution in [-0.4, -0.2) is 29.6 Å². The molecule has 45 valence electrons. The van der Waals surface area contributed by atoms with Gasteiger partial charge in [0.05, 0.1) is 0 Å². The van der Waals surface area contributed by atoms with Gasteiger partial charge in [0, 0.05) is 0 Å². The number of hydrogen-bond donors (Lipinski definition) is 0. The molecule has 0 aliphatic carbocycles. The Kier molecular flexibility index (Phi) is 2.39. The van der Waals surface area contributed by atoms with Crippen LogP contribution in [-0.2, 0) is 0 Å². The SMILES string of the molecule is COc1cc[c]([Sn])cc1. The molecule has 0 aliphatic rings. The monoisotopic (exact) mass is 227 g/mol. The van der Waals surface area contributed by atoms with Gasteiger partial charge in [-0.05, 0) is 0 Å². The first kappa shape index (κ1) is 6.93. The zero-order chi connectivity index (χ0) is 6.69. The Morgan fingerprint density at radius 2 is 1.78 bits per heavy atom. The van der Waals surface area contributed by atoms with E-state index in [4.69, 9.17) is 4.74 Å². The van der Waals surface area contributed by atoms with E-state index in [2.05, 4.69) is 12.1 Å². The Balaban J connectivity index is 2.88. The van der Waals surface area contributed by atoms with Crippen molar-refractivity contribution in [1.82, 2.24) is 0 Å². The zero-order valence-corrected chi connectivity index (χ0v) is 8.07. The quantitative estimate of drug-likeness (QED) is 0.633. The molecule has 0 heterocycles. The van der Waals surface area contributed by atoms with Gasteiger partial charge in [-0.15, -0.1) is 0 Å². The van der Waals surface area contributed by atoms with Crippen LogP contribution in [0.15, 0.2) is 24.3 Å². The van der Waals surface area contributed by atoms with E-state index in [1.807, 2.05) is 12.1 Å². The van der Waals surface area contributed by atoms with Gasteiger partial charge in [0.25, 0.3) is 0 Å². The molecule has 0 N–H and O–H groups in total. The Morgan fingerprint density at radius 3 is 2.22 bits per heavy atom. The molecule has 0 bridgehead atoms. The summed E-state index contributed by atoms with van der Waals surface area (Å²) in [6, 6.07) is 8.09. The maximum absolute atomic E-state index is 4.98. The van der Waals surface area contributed by atoms with E-state index in [0.717, 1.165) is 5.75 Å². The van der Waals surface area contributed by atoms with E-state index in [9.17, 15) is 0 Å². The third-order valence-electron chi connectivity index (χ3n) is 1.09. The summed E-state index contributed by atoms with van der Waals surface area (Å²) in [6.45, 7) is 0. The van der Waals surface area contributed by atoms with Gasteiger partial charge in [-0.1, -0.05) is 0 Å². The second kappa shape index (κ2) is 3.11. The van der Waals surface area contributed by atoms with Crippen molar-refractivity contribution in [1.29, 1.82) is 0 Å². The molecule has 0 aromatic heterocycles. The first-order chi connectivity index (χ1) is 4.33. The van der Waals surface area contributed by atoms with Gasteiger partial charge in [-0.2, -0.15) is 0 Å². The average Bonchev–Trinajstić information content (AvgIpc) is 1.90. The van der Waals surface area contributed by atoms with Crippen LogP contribution >= 0.6 is 0 Å². The number of ether oxygens (including phenoxy) is 1. The first-order valence-corrected chi connectivity index (χ1v) is 4.11. The third-order valence-corrected chi connectivity index (χ3v) is 2.04. The van der Waals surface area contributed by atoms with Crippen molar-refractivity contribution >= 4 is 26.1 Å². The maximum atomic E-state index is 4.98. The van der Waals surface area contributed by atoms with Gasteiger partial charge < -0.3 is 0 Å². The second-order valence-electron chi connectivity index (χ2n) is 1.73. The van der Waals surface area contributed by atoms with Crippen molar-refractivity contribution in [3.63, 3.8) is 0 Å². The zero-order valence-electron chi connectivity index (χ0n) is 5.22. The molecule has 0 saturated carbocycles. The van der Waals surface area contributed by atoms with Crippen LogP contribution in [0.1, 0.15) is 0 Å². The van der Waals surface area contributed by atoms with Crippen LogP contribution in [0.4, 0.5) is 0 Å². The van der Waals surface area contributed by atoms with E-state index < -0.39 is 0 Å². The molecule has 3 radical (unpaired) electrons. The van der Waals surface area contributed by atoms with Crippen LogP contribution in [0.2, 0.25) is 0 Å². The molecule has 1 aromatic carbocycles. The fourth-order valence-electron chi connectivity index (χ4n) is 0.591. The van der Waals surface area contributed by atoms with Crippen LogP contribution in [0.5, 0.6) is 5.75 Å². The minimum absolute atomic E-state index is 0.932. The summed E-state index contributed by atoms with van der Waals surface area (Å²) in [6.07, 6.45) is 0. The normalized spacial score (nSPS) is 9.11. The summed E-state index contributed by atoms with van der Waals surface area (Å²) in [5.74, 6) is 0.932. The van der Waals surface area contributed by atoms with Gasteiger partial charge in [-0.3, -0.25) is 0 Å². The summed E-state index contributed by atoms with van der Waals surface area (Å²) in [7, 11) is 1.68. The summed E-state index contributed by atoms with van der Waals surface area (Å²) in [4.78, 5) is 0. The van der Waals surface area contributed by atoms with Gasteiger partial charge in [0.15, 0.2) is 0 Å². The van der Waals surface area contributed by atoms with Crippen molar-refractivity contribution in [2.75, 3.05) is 7.11 Å². The van der Waals surface area contributed by atoms with E-state index >= 15 is 0 Å². The molecular weight excluding hydrogens is 219 g/mol. The summed E-state index contributed by atoms with van der Waals surface area (Å²) in [5, 5.41) is 0. The van der Waals surface area contributed by atoms with Crippen LogP contribution in [0.25, 0.3) is 0 Å². The van der Waals surface area contributed by atoms with Crippen LogP contribution < -0.4 is 8.32 Å². The minimum atomic E-state index is 0.932. The molecule has 9 heavy (non-hydrogen) atoms. The summed E-state index contributed by atoms with van der Waals surface area (Å²) >= 11 is 1.45. The number of methoxy groups -OCH3 is 1. The Hall–Kier alpha value is -0.181. The summed E-state index contributed by atoms with van der Waals surface area (Å²) < 4.78 is 6.33. The fraction of sp³-hybridized carbons (Fsp3) is 0.143. The Bertz CT molecular complexity index is 181. The van der Waals surface area contributed by atoms with E-state index in [-0.39, 0.29) is 0 Å². The molecular formula is C7H7OSn. The molecule has 1 rings (SSSR count). The third kappa shape index (κ3) is 1.90. The van der Waals surface area contributed by atoms with Crippen molar-refractivity contribution in [2.45, 2.75) is 0 Å². The van der Waals surface area contributed by atoms with Crippen molar-refractivity contribution < 1.29 is 4.74 Å². The molecule has 0 aliphatic heterocycles. The molecule has 1 aromatic rings. The molecule has 0 amide bonds. The molecule has 0 atom stereocenters. The number of rotatable bonds is 1. The Labute approximate surface area is 68.1 Å². The molecule has 0 fully saturated rings. The predicted octanol–water partition coefficient (Wildman–Crippen LogP) is 0.489. The van der Waals surface area contributed by atoms with Gasteiger partial charge in [0.1, 0.15) is 0 Å². The van der Waals surface area contributed by atoms with Crippen LogP contribution in [0, 0.1) is 0 Å². The number of hydrogen-bond acceptors (Lipinski definition) is 1. The average molecular weight is 226 g/mol. The molecule has 1 nitrogen and oxygen atoms in total. The molecule has 0 unspecified atom stereocenters. The predicted molar refractivity (Wildman–Crippen MR) is 38.4 cm³/mol. The van der Waals surface area contributed by atoms with Crippen molar-refractivity contribution in [2.24, 2.45) is 0 Å². The second-order valence-corrected chi connectivity index (χ2v) is 3.38. The van der Waals surface area contributed by atoms with Gasteiger partial charge in [0.2, 0.25) is 0 Å². The summed E-state index contributed by atoms with van der Waals surface area (Å²) in [5.41, 5.74) is 0. The molecule has 0 saturated heterocycles. The Morgan fingerprint density at radius 1 is 1.22 bits per heavy atom. The number of benzene rings is 1.